The maximum atomic E-state index is 12.8. The summed E-state index contributed by atoms with van der Waals surface area (Å²) >= 11 is 3.35. The van der Waals surface area contributed by atoms with Crippen molar-refractivity contribution >= 4 is 44.9 Å². The molecule has 0 aromatic heterocycles. The van der Waals surface area contributed by atoms with Crippen LogP contribution in [0.4, 0.5) is 21.9 Å². The van der Waals surface area contributed by atoms with Crippen LogP contribution in [0.1, 0.15) is 6.92 Å². The third kappa shape index (κ3) is 3.13. The molecule has 1 aliphatic heterocycles. The van der Waals surface area contributed by atoms with Gasteiger partial charge in [0.2, 0.25) is 0 Å². The second kappa shape index (κ2) is 7.12. The van der Waals surface area contributed by atoms with E-state index in [1.165, 1.54) is 18.2 Å². The maximum Gasteiger partial charge on any atom is 0.336 e. The van der Waals surface area contributed by atoms with Gasteiger partial charge < -0.3 is 4.74 Å². The zero-order valence-electron chi connectivity index (χ0n) is 13.7. The molecule has 1 fully saturated rings. The van der Waals surface area contributed by atoms with Crippen LogP contribution in [0.15, 0.2) is 46.9 Å². The number of para-hydroxylation sites is 2. The van der Waals surface area contributed by atoms with Crippen LogP contribution in [0.5, 0.6) is 5.75 Å². The third-order valence-corrected chi connectivity index (χ3v) is 4.43. The first kappa shape index (κ1) is 17.9. The highest BCUT2D eigenvalue weighted by atomic mass is 79.9. The van der Waals surface area contributed by atoms with Crippen LogP contribution in [0.2, 0.25) is 0 Å². The molecule has 3 amide bonds. The molecule has 0 N–H and O–H groups in total. The largest absolute Gasteiger partial charge is 0.493 e. The van der Waals surface area contributed by atoms with Crippen molar-refractivity contribution in [3.8, 4) is 5.75 Å². The molecule has 2 aromatic carbocycles. The summed E-state index contributed by atoms with van der Waals surface area (Å²) < 4.78 is 6.02. The maximum absolute atomic E-state index is 12.8. The number of nitro groups is 1. The van der Waals surface area contributed by atoms with E-state index in [2.05, 4.69) is 15.9 Å². The number of hydrogen-bond acceptors (Lipinski definition) is 5. The molecular formula is C17H14BrN3O5. The molecule has 26 heavy (non-hydrogen) atoms. The first-order chi connectivity index (χ1) is 12.4. The molecule has 134 valence electrons. The smallest absolute Gasteiger partial charge is 0.336 e. The average Bonchev–Trinajstić information content (AvgIpc) is 2.91. The van der Waals surface area contributed by atoms with Crippen LogP contribution in [-0.4, -0.2) is 30.0 Å². The number of urea groups is 1. The van der Waals surface area contributed by atoms with E-state index in [4.69, 9.17) is 4.74 Å². The second-order valence-electron chi connectivity index (χ2n) is 5.39. The quantitative estimate of drug-likeness (QED) is 0.418. The Morgan fingerprint density at radius 2 is 1.96 bits per heavy atom. The van der Waals surface area contributed by atoms with E-state index in [-0.39, 0.29) is 17.9 Å². The van der Waals surface area contributed by atoms with Gasteiger partial charge in [0.1, 0.15) is 18.0 Å². The van der Waals surface area contributed by atoms with Crippen molar-refractivity contribution in [3.05, 3.63) is 57.1 Å². The number of nitrogens with zero attached hydrogens (tertiary/aromatic N) is 3. The Hall–Kier alpha value is -2.94. The van der Waals surface area contributed by atoms with Crippen LogP contribution in [0.25, 0.3) is 0 Å². The zero-order valence-corrected chi connectivity index (χ0v) is 15.3. The van der Waals surface area contributed by atoms with Gasteiger partial charge in [0.05, 0.1) is 21.7 Å². The van der Waals surface area contributed by atoms with Crippen molar-refractivity contribution in [1.82, 2.24) is 0 Å². The van der Waals surface area contributed by atoms with Gasteiger partial charge in [0.25, 0.3) is 11.6 Å². The molecule has 0 radical (unpaired) electrons. The van der Waals surface area contributed by atoms with Gasteiger partial charge in [-0.1, -0.05) is 12.1 Å². The van der Waals surface area contributed by atoms with Crippen molar-refractivity contribution in [2.45, 2.75) is 6.92 Å². The molecule has 2 aromatic rings. The van der Waals surface area contributed by atoms with Gasteiger partial charge in [-0.15, -0.1) is 0 Å². The van der Waals surface area contributed by atoms with Gasteiger partial charge in [-0.3, -0.25) is 19.8 Å². The number of carbonyl (C=O) groups excluding carboxylic acids is 2. The highest BCUT2D eigenvalue weighted by molar-refractivity contribution is 9.10. The summed E-state index contributed by atoms with van der Waals surface area (Å²) in [4.78, 5) is 37.9. The minimum Gasteiger partial charge on any atom is -0.493 e. The molecular weight excluding hydrogens is 406 g/mol. The number of hydrogen-bond donors (Lipinski definition) is 0. The summed E-state index contributed by atoms with van der Waals surface area (Å²) in [5.74, 6) is 0.120. The molecule has 8 nitrogen and oxygen atoms in total. The molecule has 1 heterocycles. The van der Waals surface area contributed by atoms with Crippen molar-refractivity contribution < 1.29 is 19.2 Å². The second-order valence-corrected chi connectivity index (χ2v) is 6.25. The van der Waals surface area contributed by atoms with E-state index < -0.39 is 16.9 Å². The average molecular weight is 420 g/mol. The van der Waals surface area contributed by atoms with Crippen molar-refractivity contribution in [1.29, 1.82) is 0 Å². The summed E-state index contributed by atoms with van der Waals surface area (Å²) in [5.41, 5.74) is 0.211. The van der Waals surface area contributed by atoms with Crippen LogP contribution in [0.3, 0.4) is 0 Å². The highest BCUT2D eigenvalue weighted by Gasteiger charge is 2.40. The lowest BCUT2D eigenvalue weighted by molar-refractivity contribution is -0.384. The van der Waals surface area contributed by atoms with Crippen molar-refractivity contribution in [2.24, 2.45) is 0 Å². The molecule has 1 aliphatic rings. The van der Waals surface area contributed by atoms with E-state index in [1.54, 1.807) is 24.3 Å². The van der Waals surface area contributed by atoms with E-state index in [0.29, 0.717) is 22.5 Å². The molecule has 1 saturated heterocycles. The summed E-state index contributed by atoms with van der Waals surface area (Å²) in [6.45, 7) is 2.05. The van der Waals surface area contributed by atoms with Crippen molar-refractivity contribution in [3.63, 3.8) is 0 Å². The lowest BCUT2D eigenvalue weighted by Gasteiger charge is -2.18. The van der Waals surface area contributed by atoms with Crippen LogP contribution in [0, 0.1) is 10.1 Å². The zero-order chi connectivity index (χ0) is 18.8. The van der Waals surface area contributed by atoms with E-state index in [1.807, 2.05) is 6.92 Å². The summed E-state index contributed by atoms with van der Waals surface area (Å²) in [7, 11) is 0. The number of carbonyl (C=O) groups is 2. The fourth-order valence-electron chi connectivity index (χ4n) is 2.69. The predicted molar refractivity (Wildman–Crippen MR) is 98.6 cm³/mol. The van der Waals surface area contributed by atoms with Gasteiger partial charge in [-0.25, -0.2) is 9.69 Å². The van der Waals surface area contributed by atoms with Gasteiger partial charge >= 0.3 is 6.03 Å². The topological polar surface area (TPSA) is 93.0 Å². The van der Waals surface area contributed by atoms with Gasteiger partial charge in [0, 0.05) is 6.07 Å². The van der Waals surface area contributed by atoms with Crippen LogP contribution >= 0.6 is 15.9 Å². The Labute approximate surface area is 157 Å². The molecule has 0 saturated carbocycles. The monoisotopic (exact) mass is 419 g/mol. The fourth-order valence-corrected chi connectivity index (χ4v) is 3.17. The molecule has 0 aliphatic carbocycles. The predicted octanol–water partition coefficient (Wildman–Crippen LogP) is 3.73. The Bertz CT molecular complexity index is 902. The molecule has 3 rings (SSSR count). The van der Waals surface area contributed by atoms with Gasteiger partial charge in [0.15, 0.2) is 0 Å². The molecule has 0 unspecified atom stereocenters. The lowest BCUT2D eigenvalue weighted by Crippen LogP contribution is -2.33. The van der Waals surface area contributed by atoms with Crippen molar-refractivity contribution in [2.75, 3.05) is 23.0 Å². The minimum atomic E-state index is -0.639. The Balaban J connectivity index is 1.95. The number of nitro benzene ring substituents is 1. The summed E-state index contributed by atoms with van der Waals surface area (Å²) in [6, 6.07) is 10.0. The number of amides is 3. The number of ether oxygens (including phenoxy) is 1. The lowest BCUT2D eigenvalue weighted by atomic mass is 10.2. The number of halogens is 1. The molecule has 0 bridgehead atoms. The van der Waals surface area contributed by atoms with Gasteiger partial charge in [-0.2, -0.15) is 0 Å². The van der Waals surface area contributed by atoms with E-state index in [9.17, 15) is 19.7 Å². The Morgan fingerprint density at radius 3 is 2.62 bits per heavy atom. The number of rotatable bonds is 5. The first-order valence-corrected chi connectivity index (χ1v) is 8.53. The Morgan fingerprint density at radius 1 is 1.23 bits per heavy atom. The number of imide groups is 1. The normalized spacial score (nSPS) is 14.1. The molecule has 9 heteroatoms. The third-order valence-electron chi connectivity index (χ3n) is 3.81. The van der Waals surface area contributed by atoms with E-state index >= 15 is 0 Å². The minimum absolute atomic E-state index is 0.0864. The highest BCUT2D eigenvalue weighted by Crippen LogP contribution is 2.35. The summed E-state index contributed by atoms with van der Waals surface area (Å²) in [6.07, 6.45) is 0. The number of anilines is 2. The summed E-state index contributed by atoms with van der Waals surface area (Å²) in [5, 5.41) is 11.2. The first-order valence-electron chi connectivity index (χ1n) is 7.74. The molecule has 0 spiro atoms. The van der Waals surface area contributed by atoms with Crippen LogP contribution in [-0.2, 0) is 4.79 Å². The fraction of sp³-hybridized carbons (Fsp3) is 0.176. The van der Waals surface area contributed by atoms with E-state index in [0.717, 1.165) is 9.80 Å². The van der Waals surface area contributed by atoms with Gasteiger partial charge in [-0.05, 0) is 47.1 Å². The Kier molecular flexibility index (Phi) is 4.90. The standard InChI is InChI=1S/C17H14BrN3O5/c1-2-26-15-8-7-11(9-12(15)18)20-16(22)10-19(17(20)23)13-5-3-4-6-14(13)21(24)25/h3-9H,2,10H2,1H3. The SMILES string of the molecule is CCOc1ccc(N2C(=O)CN(c3ccccc3[N+](=O)[O-])C2=O)cc1Br. The number of benzene rings is 2. The van der Waals surface area contributed by atoms with Crippen LogP contribution < -0.4 is 14.5 Å². The molecule has 0 atom stereocenters.